The molecule has 0 atom stereocenters. The minimum Gasteiger partial charge on any atom is -0.370 e. The number of hydrogen-bond acceptors (Lipinski definition) is 3. The molecule has 1 saturated heterocycles. The van der Waals surface area contributed by atoms with Crippen molar-refractivity contribution < 1.29 is 9.59 Å². The topological polar surface area (TPSA) is 99.8 Å². The summed E-state index contributed by atoms with van der Waals surface area (Å²) in [6.07, 6.45) is 0. The smallest absolute Gasteiger partial charge is 0.324 e. The molecular formula is C14H19N5O2. The van der Waals surface area contributed by atoms with Gasteiger partial charge < -0.3 is 16.4 Å². The van der Waals surface area contributed by atoms with E-state index in [1.165, 1.54) is 0 Å². The van der Waals surface area contributed by atoms with Gasteiger partial charge in [0.25, 0.3) is 0 Å². The Balaban J connectivity index is 1.89. The van der Waals surface area contributed by atoms with Crippen LogP contribution >= 0.6 is 0 Å². The Morgan fingerprint density at radius 1 is 1.33 bits per heavy atom. The van der Waals surface area contributed by atoms with Gasteiger partial charge in [0.05, 0.1) is 19.6 Å². The van der Waals surface area contributed by atoms with Gasteiger partial charge in [-0.25, -0.2) is 4.79 Å². The second-order valence-corrected chi connectivity index (χ2v) is 4.97. The Bertz CT molecular complexity index is 561. The number of anilines is 1. The van der Waals surface area contributed by atoms with Gasteiger partial charge in [-0.1, -0.05) is 6.07 Å². The number of nitrogens with one attached hydrogen (secondary N) is 2. The van der Waals surface area contributed by atoms with E-state index < -0.39 is 0 Å². The zero-order chi connectivity index (χ0) is 15.4. The van der Waals surface area contributed by atoms with Crippen LogP contribution in [0.15, 0.2) is 23.2 Å². The van der Waals surface area contributed by atoms with Crippen molar-refractivity contribution in [2.24, 2.45) is 10.7 Å². The monoisotopic (exact) mass is 289 g/mol. The molecule has 0 saturated carbocycles. The normalized spacial score (nSPS) is 15.3. The van der Waals surface area contributed by atoms with Gasteiger partial charge >= 0.3 is 6.03 Å². The third-order valence-electron chi connectivity index (χ3n) is 3.04. The van der Waals surface area contributed by atoms with Gasteiger partial charge in [0.15, 0.2) is 5.96 Å². The van der Waals surface area contributed by atoms with Crippen molar-refractivity contribution >= 4 is 23.6 Å². The van der Waals surface area contributed by atoms with E-state index in [-0.39, 0.29) is 37.5 Å². The molecule has 1 aromatic rings. The molecule has 0 aromatic heterocycles. The number of hydrogen-bond donors (Lipinski definition) is 3. The number of rotatable bonds is 4. The summed E-state index contributed by atoms with van der Waals surface area (Å²) in [5, 5.41) is 5.45. The zero-order valence-electron chi connectivity index (χ0n) is 12.1. The molecule has 0 aliphatic carbocycles. The SMILES string of the molecule is Cc1cc(C)cc(NC(N)=NCCN2C(=O)CNC2=O)c1. The molecule has 7 heteroatoms. The first-order chi connectivity index (χ1) is 9.95. The second kappa shape index (κ2) is 6.25. The number of guanidine groups is 1. The van der Waals surface area contributed by atoms with E-state index in [1.54, 1.807) is 0 Å². The molecule has 7 nitrogen and oxygen atoms in total. The fourth-order valence-corrected chi connectivity index (χ4v) is 2.19. The van der Waals surface area contributed by atoms with Crippen LogP contribution in [0.4, 0.5) is 10.5 Å². The molecule has 0 radical (unpaired) electrons. The molecule has 21 heavy (non-hydrogen) atoms. The van der Waals surface area contributed by atoms with Crippen molar-refractivity contribution in [3.63, 3.8) is 0 Å². The van der Waals surface area contributed by atoms with Crippen LogP contribution in [0.5, 0.6) is 0 Å². The highest BCUT2D eigenvalue weighted by Crippen LogP contribution is 2.13. The average molecular weight is 289 g/mol. The first-order valence-electron chi connectivity index (χ1n) is 6.69. The van der Waals surface area contributed by atoms with Crippen molar-refractivity contribution in [2.75, 3.05) is 25.0 Å². The quantitative estimate of drug-likeness (QED) is 0.429. The summed E-state index contributed by atoms with van der Waals surface area (Å²) in [5.41, 5.74) is 8.92. The molecule has 1 fully saturated rings. The minimum atomic E-state index is -0.379. The Morgan fingerprint density at radius 3 is 2.57 bits per heavy atom. The third kappa shape index (κ3) is 3.95. The predicted molar refractivity (Wildman–Crippen MR) is 81.1 cm³/mol. The van der Waals surface area contributed by atoms with Gasteiger partial charge in [0.1, 0.15) is 0 Å². The largest absolute Gasteiger partial charge is 0.370 e. The molecule has 4 N–H and O–H groups in total. The average Bonchev–Trinajstić information content (AvgIpc) is 2.69. The molecule has 1 heterocycles. The molecule has 1 aromatic carbocycles. The Labute approximate surface area is 123 Å². The number of urea groups is 1. The maximum absolute atomic E-state index is 11.4. The number of amides is 3. The van der Waals surface area contributed by atoms with Crippen LogP contribution in [0.1, 0.15) is 11.1 Å². The minimum absolute atomic E-state index is 0.0544. The summed E-state index contributed by atoms with van der Waals surface area (Å²) in [7, 11) is 0. The maximum atomic E-state index is 11.4. The van der Waals surface area contributed by atoms with Crippen LogP contribution < -0.4 is 16.4 Å². The Hall–Kier alpha value is -2.57. The summed E-state index contributed by atoms with van der Waals surface area (Å²) in [6.45, 7) is 4.55. The lowest BCUT2D eigenvalue weighted by Crippen LogP contribution is -2.34. The Kier molecular flexibility index (Phi) is 4.42. The number of imide groups is 1. The molecular weight excluding hydrogens is 270 g/mol. The van der Waals surface area contributed by atoms with E-state index in [2.05, 4.69) is 21.7 Å². The number of aryl methyl sites for hydroxylation is 2. The highest BCUT2D eigenvalue weighted by molar-refractivity contribution is 6.02. The predicted octanol–water partition coefficient (Wildman–Crippen LogP) is 0.582. The van der Waals surface area contributed by atoms with Gasteiger partial charge in [0.2, 0.25) is 5.91 Å². The molecule has 0 unspecified atom stereocenters. The number of aliphatic imine (C=N–C) groups is 1. The van der Waals surface area contributed by atoms with Crippen molar-refractivity contribution in [1.82, 2.24) is 10.2 Å². The van der Waals surface area contributed by atoms with Gasteiger partial charge in [-0.3, -0.25) is 14.7 Å². The van der Waals surface area contributed by atoms with E-state index in [1.807, 2.05) is 26.0 Å². The van der Waals surface area contributed by atoms with Crippen LogP contribution in [-0.2, 0) is 4.79 Å². The molecule has 2 rings (SSSR count). The molecule has 0 bridgehead atoms. The molecule has 3 amide bonds. The van der Waals surface area contributed by atoms with Crippen molar-refractivity contribution in [3.05, 3.63) is 29.3 Å². The van der Waals surface area contributed by atoms with Gasteiger partial charge in [-0.05, 0) is 37.1 Å². The van der Waals surface area contributed by atoms with E-state index in [9.17, 15) is 9.59 Å². The standard InChI is InChI=1S/C14H19N5O2/c1-9-5-10(2)7-11(6-9)18-13(15)16-3-4-19-12(20)8-17-14(19)21/h5-7H,3-4,8H2,1-2H3,(H,17,21)(H3,15,16,18). The van der Waals surface area contributed by atoms with Crippen LogP contribution in [0, 0.1) is 13.8 Å². The second-order valence-electron chi connectivity index (χ2n) is 4.97. The van der Waals surface area contributed by atoms with Crippen molar-refractivity contribution in [3.8, 4) is 0 Å². The lowest BCUT2D eigenvalue weighted by atomic mass is 10.1. The summed E-state index contributed by atoms with van der Waals surface area (Å²) in [4.78, 5) is 28.0. The van der Waals surface area contributed by atoms with E-state index in [0.717, 1.165) is 21.7 Å². The zero-order valence-corrected chi connectivity index (χ0v) is 12.1. The highest BCUT2D eigenvalue weighted by Gasteiger charge is 2.27. The fraction of sp³-hybridized carbons (Fsp3) is 0.357. The van der Waals surface area contributed by atoms with Crippen LogP contribution in [0.3, 0.4) is 0 Å². The van der Waals surface area contributed by atoms with Crippen LogP contribution in [-0.4, -0.2) is 42.4 Å². The third-order valence-corrected chi connectivity index (χ3v) is 3.04. The number of nitrogens with zero attached hydrogens (tertiary/aromatic N) is 2. The van der Waals surface area contributed by atoms with Crippen LogP contribution in [0.25, 0.3) is 0 Å². The lowest BCUT2D eigenvalue weighted by molar-refractivity contribution is -0.124. The van der Waals surface area contributed by atoms with Crippen molar-refractivity contribution in [1.29, 1.82) is 0 Å². The van der Waals surface area contributed by atoms with E-state index in [0.29, 0.717) is 0 Å². The summed E-state index contributed by atoms with van der Waals surface area (Å²) in [6, 6.07) is 5.62. The van der Waals surface area contributed by atoms with Gasteiger partial charge in [-0.2, -0.15) is 0 Å². The number of nitrogens with two attached hydrogens (primary N) is 1. The van der Waals surface area contributed by atoms with Gasteiger partial charge in [-0.15, -0.1) is 0 Å². The number of carbonyl (C=O) groups is 2. The highest BCUT2D eigenvalue weighted by atomic mass is 16.2. The molecule has 1 aliphatic heterocycles. The van der Waals surface area contributed by atoms with E-state index >= 15 is 0 Å². The first kappa shape index (κ1) is 14.8. The molecule has 0 spiro atoms. The summed E-state index contributed by atoms with van der Waals surface area (Å²) in [5.74, 6) is 0.0168. The fourth-order valence-electron chi connectivity index (χ4n) is 2.19. The maximum Gasteiger partial charge on any atom is 0.324 e. The lowest BCUT2D eigenvalue weighted by Gasteiger charge is -2.11. The summed E-state index contributed by atoms with van der Waals surface area (Å²) < 4.78 is 0. The first-order valence-corrected chi connectivity index (χ1v) is 6.69. The molecule has 112 valence electrons. The number of benzene rings is 1. The number of carbonyl (C=O) groups excluding carboxylic acids is 2. The van der Waals surface area contributed by atoms with E-state index in [4.69, 9.17) is 5.73 Å². The Morgan fingerprint density at radius 2 is 2.00 bits per heavy atom. The molecule has 1 aliphatic rings. The summed E-state index contributed by atoms with van der Waals surface area (Å²) >= 11 is 0. The van der Waals surface area contributed by atoms with Gasteiger partial charge in [0, 0.05) is 5.69 Å². The van der Waals surface area contributed by atoms with Crippen molar-refractivity contribution in [2.45, 2.75) is 13.8 Å². The van der Waals surface area contributed by atoms with Crippen LogP contribution in [0.2, 0.25) is 0 Å².